The van der Waals surface area contributed by atoms with Gasteiger partial charge in [-0.25, -0.2) is 4.79 Å². The first kappa shape index (κ1) is 12.2. The van der Waals surface area contributed by atoms with Crippen LogP contribution in [0.3, 0.4) is 0 Å². The second-order valence-corrected chi connectivity index (χ2v) is 3.80. The maximum absolute atomic E-state index is 11.5. The summed E-state index contributed by atoms with van der Waals surface area (Å²) in [6, 6.07) is 15.0. The van der Waals surface area contributed by atoms with Gasteiger partial charge in [0.2, 0.25) is 0 Å². The Hall–Kier alpha value is -2.29. The summed E-state index contributed by atoms with van der Waals surface area (Å²) in [5, 5.41) is 0. The maximum atomic E-state index is 11.5. The first-order valence-electron chi connectivity index (χ1n) is 5.57. The lowest BCUT2D eigenvalue weighted by Gasteiger charge is -2.05. The number of hydrogen-bond acceptors (Lipinski definition) is 3. The number of rotatable bonds is 3. The van der Waals surface area contributed by atoms with Gasteiger partial charge in [0.25, 0.3) is 0 Å². The molecule has 0 aromatic heterocycles. The molecule has 0 bridgehead atoms. The Morgan fingerprint density at radius 1 is 0.944 bits per heavy atom. The zero-order chi connectivity index (χ0) is 13.0. The van der Waals surface area contributed by atoms with E-state index in [1.807, 2.05) is 42.5 Å². The first-order chi connectivity index (χ1) is 8.74. The first-order valence-corrected chi connectivity index (χ1v) is 5.57. The smallest absolute Gasteiger partial charge is 0.337 e. The highest BCUT2D eigenvalue weighted by Gasteiger charge is 2.06. The Kier molecular flexibility index (Phi) is 3.63. The van der Waals surface area contributed by atoms with Gasteiger partial charge in [0, 0.05) is 0 Å². The number of carbonyl (C=O) groups is 1. The minimum Gasteiger partial charge on any atom is -0.497 e. The van der Waals surface area contributed by atoms with Gasteiger partial charge in [0.15, 0.2) is 0 Å². The minimum absolute atomic E-state index is 0.328. The van der Waals surface area contributed by atoms with E-state index in [0.717, 1.165) is 16.9 Å². The van der Waals surface area contributed by atoms with Gasteiger partial charge < -0.3 is 9.47 Å². The van der Waals surface area contributed by atoms with Crippen LogP contribution in [0.15, 0.2) is 48.5 Å². The number of ether oxygens (including phenoxy) is 2. The highest BCUT2D eigenvalue weighted by atomic mass is 16.5. The van der Waals surface area contributed by atoms with Crippen molar-refractivity contribution in [2.45, 2.75) is 0 Å². The highest BCUT2D eigenvalue weighted by molar-refractivity contribution is 5.90. The summed E-state index contributed by atoms with van der Waals surface area (Å²) < 4.78 is 9.81. The van der Waals surface area contributed by atoms with E-state index in [1.54, 1.807) is 13.2 Å². The molecule has 0 atom stereocenters. The average molecular weight is 242 g/mol. The summed E-state index contributed by atoms with van der Waals surface area (Å²) in [7, 11) is 3.01. The van der Waals surface area contributed by atoms with Crippen molar-refractivity contribution in [1.29, 1.82) is 0 Å². The van der Waals surface area contributed by atoms with Gasteiger partial charge in [-0.1, -0.05) is 24.3 Å². The summed E-state index contributed by atoms with van der Waals surface area (Å²) in [6.45, 7) is 0. The molecule has 92 valence electrons. The van der Waals surface area contributed by atoms with Crippen LogP contribution in [0.25, 0.3) is 11.1 Å². The molecule has 0 amide bonds. The molecule has 0 fully saturated rings. The number of esters is 1. The normalized spacial score (nSPS) is 9.89. The van der Waals surface area contributed by atoms with Crippen LogP contribution in [0.1, 0.15) is 10.4 Å². The molecule has 0 N–H and O–H groups in total. The molecule has 0 unspecified atom stereocenters. The van der Waals surface area contributed by atoms with Gasteiger partial charge in [-0.05, 0) is 35.4 Å². The summed E-state index contributed by atoms with van der Waals surface area (Å²) in [4.78, 5) is 11.5. The summed E-state index contributed by atoms with van der Waals surface area (Å²) in [6.07, 6.45) is 0. The molecule has 2 aromatic rings. The maximum Gasteiger partial charge on any atom is 0.337 e. The van der Waals surface area contributed by atoms with Crippen LogP contribution in [-0.2, 0) is 4.74 Å². The Bertz CT molecular complexity index is 544. The molecular weight excluding hydrogens is 228 g/mol. The lowest BCUT2D eigenvalue weighted by molar-refractivity contribution is 0.0601. The zero-order valence-corrected chi connectivity index (χ0v) is 10.3. The molecule has 0 aliphatic carbocycles. The molecule has 2 rings (SSSR count). The third-order valence-corrected chi connectivity index (χ3v) is 2.71. The molecule has 18 heavy (non-hydrogen) atoms. The zero-order valence-electron chi connectivity index (χ0n) is 10.3. The van der Waals surface area contributed by atoms with Crippen LogP contribution >= 0.6 is 0 Å². The van der Waals surface area contributed by atoms with E-state index in [1.165, 1.54) is 7.11 Å². The largest absolute Gasteiger partial charge is 0.497 e. The molecule has 0 saturated carbocycles. The van der Waals surface area contributed by atoms with Gasteiger partial charge in [0.1, 0.15) is 5.75 Å². The van der Waals surface area contributed by atoms with Crippen LogP contribution in [0.5, 0.6) is 5.75 Å². The highest BCUT2D eigenvalue weighted by Crippen LogP contribution is 2.23. The fraction of sp³-hybridized carbons (Fsp3) is 0.133. The van der Waals surface area contributed by atoms with Crippen molar-refractivity contribution in [2.75, 3.05) is 14.2 Å². The molecule has 0 saturated heterocycles. The molecule has 0 heterocycles. The summed E-state index contributed by atoms with van der Waals surface area (Å²) >= 11 is 0. The monoisotopic (exact) mass is 242 g/mol. The van der Waals surface area contributed by atoms with Crippen LogP contribution in [0.2, 0.25) is 0 Å². The van der Waals surface area contributed by atoms with E-state index in [-0.39, 0.29) is 5.97 Å². The van der Waals surface area contributed by atoms with Gasteiger partial charge >= 0.3 is 5.97 Å². The third-order valence-electron chi connectivity index (χ3n) is 2.71. The quantitative estimate of drug-likeness (QED) is 0.775. The molecule has 0 aliphatic rings. The molecule has 2 aromatic carbocycles. The standard InChI is InChI=1S/C15H14O3/c1-17-14-8-6-11(7-9-14)12-4-3-5-13(10-12)15(16)18-2/h3-10H,1-2H3. The van der Waals surface area contributed by atoms with Crippen molar-refractivity contribution in [1.82, 2.24) is 0 Å². The number of carbonyl (C=O) groups excluding carboxylic acids is 1. The molecule has 0 spiro atoms. The predicted molar refractivity (Wildman–Crippen MR) is 69.8 cm³/mol. The van der Waals surface area contributed by atoms with E-state index in [9.17, 15) is 4.79 Å². The van der Waals surface area contributed by atoms with Crippen molar-refractivity contribution in [2.24, 2.45) is 0 Å². The second kappa shape index (κ2) is 5.36. The summed E-state index contributed by atoms with van der Waals surface area (Å²) in [5.41, 5.74) is 2.55. The van der Waals surface area contributed by atoms with Crippen LogP contribution in [0, 0.1) is 0 Å². The average Bonchev–Trinajstić information content (AvgIpc) is 2.46. The van der Waals surface area contributed by atoms with Crippen molar-refractivity contribution in [3.8, 4) is 16.9 Å². The SMILES string of the molecule is COC(=O)c1cccc(-c2ccc(OC)cc2)c1. The number of benzene rings is 2. The minimum atomic E-state index is -0.328. The van der Waals surface area contributed by atoms with E-state index in [0.29, 0.717) is 5.56 Å². The number of hydrogen-bond donors (Lipinski definition) is 0. The molecule has 0 radical (unpaired) electrons. The Balaban J connectivity index is 2.35. The third kappa shape index (κ3) is 2.51. The van der Waals surface area contributed by atoms with Crippen molar-refractivity contribution in [3.05, 3.63) is 54.1 Å². The lowest BCUT2D eigenvalue weighted by atomic mass is 10.0. The van der Waals surface area contributed by atoms with Crippen LogP contribution < -0.4 is 4.74 Å². The van der Waals surface area contributed by atoms with Crippen LogP contribution in [-0.4, -0.2) is 20.2 Å². The second-order valence-electron chi connectivity index (χ2n) is 3.80. The van der Waals surface area contributed by atoms with Gasteiger partial charge in [-0.2, -0.15) is 0 Å². The van der Waals surface area contributed by atoms with Crippen LogP contribution in [0.4, 0.5) is 0 Å². The summed E-state index contributed by atoms with van der Waals surface area (Å²) in [5.74, 6) is 0.480. The Labute approximate surface area is 106 Å². The number of methoxy groups -OCH3 is 2. The van der Waals surface area contributed by atoms with Crippen molar-refractivity contribution < 1.29 is 14.3 Å². The Morgan fingerprint density at radius 2 is 1.67 bits per heavy atom. The topological polar surface area (TPSA) is 35.5 Å². The molecule has 0 aliphatic heterocycles. The van der Waals surface area contributed by atoms with Gasteiger partial charge in [0.05, 0.1) is 19.8 Å². The fourth-order valence-electron chi connectivity index (χ4n) is 1.73. The lowest BCUT2D eigenvalue weighted by Crippen LogP contribution is -2.00. The molecular formula is C15H14O3. The predicted octanol–water partition coefficient (Wildman–Crippen LogP) is 3.15. The van der Waals surface area contributed by atoms with E-state index in [4.69, 9.17) is 9.47 Å². The van der Waals surface area contributed by atoms with Gasteiger partial charge in [-0.15, -0.1) is 0 Å². The van der Waals surface area contributed by atoms with E-state index in [2.05, 4.69) is 0 Å². The fourth-order valence-corrected chi connectivity index (χ4v) is 1.73. The van der Waals surface area contributed by atoms with Crippen molar-refractivity contribution >= 4 is 5.97 Å². The Morgan fingerprint density at radius 3 is 2.28 bits per heavy atom. The molecule has 3 nitrogen and oxygen atoms in total. The van der Waals surface area contributed by atoms with E-state index < -0.39 is 0 Å². The molecule has 3 heteroatoms. The van der Waals surface area contributed by atoms with E-state index >= 15 is 0 Å². The van der Waals surface area contributed by atoms with Gasteiger partial charge in [-0.3, -0.25) is 0 Å². The van der Waals surface area contributed by atoms with Crippen molar-refractivity contribution in [3.63, 3.8) is 0 Å².